The molecule has 0 unspecified atom stereocenters. The van der Waals surface area contributed by atoms with Gasteiger partial charge >= 0.3 is 13.3 Å². The Morgan fingerprint density at radius 1 is 1.45 bits per heavy atom. The Morgan fingerprint density at radius 2 is 2.14 bits per heavy atom. The second-order valence-corrected chi connectivity index (χ2v) is 7.74. The van der Waals surface area contributed by atoms with E-state index in [0.717, 1.165) is 6.42 Å². The SMILES string of the molecule is CO[B]N(C)Cc1cccc(OCCC(C)(C)Br)c1[N+](=O)[O-]. The number of para-hydroxylation sites is 1. The largest absolute Gasteiger partial charge is 0.487 e. The van der Waals surface area contributed by atoms with E-state index in [-0.39, 0.29) is 10.0 Å². The molecule has 6 nitrogen and oxygen atoms in total. The number of nitrogens with zero attached hydrogens (tertiary/aromatic N) is 2. The maximum Gasteiger partial charge on any atom is 0.398 e. The summed E-state index contributed by atoms with van der Waals surface area (Å²) in [6.07, 6.45) is 0.742. The normalized spacial score (nSPS) is 11.5. The molecular weight excluding hydrogens is 351 g/mol. The molecule has 0 fully saturated rings. The van der Waals surface area contributed by atoms with Crippen LogP contribution in [0, 0.1) is 10.1 Å². The molecule has 0 aliphatic rings. The minimum absolute atomic E-state index is 0.00577. The zero-order valence-electron chi connectivity index (χ0n) is 13.3. The summed E-state index contributed by atoms with van der Waals surface area (Å²) in [5.41, 5.74) is 0.586. The van der Waals surface area contributed by atoms with Crippen molar-refractivity contribution >= 4 is 29.2 Å². The molecule has 0 bridgehead atoms. The lowest BCUT2D eigenvalue weighted by Gasteiger charge is -2.17. The zero-order chi connectivity index (χ0) is 16.8. The molecule has 0 saturated heterocycles. The summed E-state index contributed by atoms with van der Waals surface area (Å²) in [4.78, 5) is 12.7. The van der Waals surface area contributed by atoms with Gasteiger partial charge in [0.15, 0.2) is 5.75 Å². The summed E-state index contributed by atoms with van der Waals surface area (Å²) in [6.45, 7) is 4.82. The standard InChI is InChI=1S/C14H21BBrN2O4/c1-14(2,16)8-9-22-12-7-5-6-11(13(12)18(19)20)10-17(3)15-21-4/h5-7H,8-10H2,1-4H3. The second kappa shape index (κ2) is 8.50. The monoisotopic (exact) mass is 371 g/mol. The van der Waals surface area contributed by atoms with Crippen molar-refractivity contribution in [2.45, 2.75) is 31.1 Å². The van der Waals surface area contributed by atoms with Crippen LogP contribution in [0.5, 0.6) is 5.75 Å². The number of rotatable bonds is 9. The molecule has 0 aliphatic heterocycles. The number of hydrogen-bond donors (Lipinski definition) is 0. The van der Waals surface area contributed by atoms with Crippen LogP contribution in [0.1, 0.15) is 25.8 Å². The maximum atomic E-state index is 11.4. The molecule has 0 saturated carbocycles. The van der Waals surface area contributed by atoms with Crippen LogP contribution in [0.3, 0.4) is 0 Å². The van der Waals surface area contributed by atoms with Gasteiger partial charge in [-0.2, -0.15) is 0 Å². The Balaban J connectivity index is 2.90. The van der Waals surface area contributed by atoms with E-state index in [2.05, 4.69) is 15.9 Å². The Bertz CT molecular complexity index is 508. The highest BCUT2D eigenvalue weighted by atomic mass is 79.9. The zero-order valence-corrected chi connectivity index (χ0v) is 14.9. The lowest BCUT2D eigenvalue weighted by atomic mass is 10.1. The second-order valence-electron chi connectivity index (χ2n) is 5.59. The van der Waals surface area contributed by atoms with Gasteiger partial charge in [-0.1, -0.05) is 28.1 Å². The van der Waals surface area contributed by atoms with E-state index in [1.165, 1.54) is 14.7 Å². The lowest BCUT2D eigenvalue weighted by molar-refractivity contribution is -0.386. The molecule has 0 atom stereocenters. The van der Waals surface area contributed by atoms with Crippen LogP contribution in [-0.2, 0) is 11.2 Å². The summed E-state index contributed by atoms with van der Waals surface area (Å²) >= 11 is 3.53. The van der Waals surface area contributed by atoms with E-state index in [0.29, 0.717) is 24.5 Å². The van der Waals surface area contributed by atoms with Crippen LogP contribution >= 0.6 is 15.9 Å². The smallest absolute Gasteiger partial charge is 0.398 e. The van der Waals surface area contributed by atoms with Gasteiger partial charge in [-0.3, -0.25) is 10.1 Å². The summed E-state index contributed by atoms with van der Waals surface area (Å²) < 4.78 is 10.5. The van der Waals surface area contributed by atoms with Gasteiger partial charge in [0.1, 0.15) is 0 Å². The summed E-state index contributed by atoms with van der Waals surface area (Å²) in [6, 6.07) is 5.11. The van der Waals surface area contributed by atoms with E-state index >= 15 is 0 Å². The molecule has 8 heteroatoms. The van der Waals surface area contributed by atoms with Gasteiger partial charge in [0, 0.05) is 23.5 Å². The minimum Gasteiger partial charge on any atom is -0.487 e. The Labute approximate surface area is 140 Å². The molecule has 1 aromatic rings. The highest BCUT2D eigenvalue weighted by Crippen LogP contribution is 2.32. The number of nitro benzene ring substituents is 1. The molecule has 1 rings (SSSR count). The van der Waals surface area contributed by atoms with E-state index in [1.54, 1.807) is 30.1 Å². The highest BCUT2D eigenvalue weighted by molar-refractivity contribution is 9.10. The Hall–Kier alpha value is -1.12. The Kier molecular flexibility index (Phi) is 7.31. The summed E-state index contributed by atoms with van der Waals surface area (Å²) in [5.74, 6) is 0.296. The molecule has 1 radical (unpaired) electrons. The number of hydrogen-bond acceptors (Lipinski definition) is 5. The lowest BCUT2D eigenvalue weighted by Crippen LogP contribution is -2.24. The topological polar surface area (TPSA) is 64.8 Å². The number of halogens is 1. The van der Waals surface area contributed by atoms with E-state index in [9.17, 15) is 10.1 Å². The predicted molar refractivity (Wildman–Crippen MR) is 90.4 cm³/mol. The van der Waals surface area contributed by atoms with E-state index in [4.69, 9.17) is 9.39 Å². The van der Waals surface area contributed by atoms with Crippen LogP contribution < -0.4 is 4.74 Å². The molecule has 1 aromatic carbocycles. The molecule has 0 spiro atoms. The number of nitro groups is 1. The first-order valence-corrected chi connectivity index (χ1v) is 7.68. The van der Waals surface area contributed by atoms with Crippen LogP contribution in [0.4, 0.5) is 5.69 Å². The van der Waals surface area contributed by atoms with Gasteiger partial charge in [0.2, 0.25) is 0 Å². The van der Waals surface area contributed by atoms with Crippen molar-refractivity contribution in [2.24, 2.45) is 0 Å². The summed E-state index contributed by atoms with van der Waals surface area (Å²) in [7, 11) is 4.82. The van der Waals surface area contributed by atoms with Gasteiger partial charge < -0.3 is 14.2 Å². The molecule has 0 aromatic heterocycles. The first-order chi connectivity index (χ1) is 10.2. The number of benzene rings is 1. The highest BCUT2D eigenvalue weighted by Gasteiger charge is 2.22. The third kappa shape index (κ3) is 6.33. The molecule has 121 valence electrons. The first kappa shape index (κ1) is 18.9. The molecule has 0 amide bonds. The van der Waals surface area contributed by atoms with Gasteiger partial charge in [0.05, 0.1) is 11.5 Å². The van der Waals surface area contributed by atoms with Crippen LogP contribution in [0.15, 0.2) is 18.2 Å². The fraction of sp³-hybridized carbons (Fsp3) is 0.571. The van der Waals surface area contributed by atoms with Crippen LogP contribution in [0.2, 0.25) is 0 Å². The fourth-order valence-corrected chi connectivity index (χ4v) is 2.07. The molecule has 0 aliphatic carbocycles. The van der Waals surface area contributed by atoms with Gasteiger partial charge in [0.25, 0.3) is 0 Å². The van der Waals surface area contributed by atoms with Gasteiger partial charge in [-0.15, -0.1) is 0 Å². The molecule has 0 heterocycles. The van der Waals surface area contributed by atoms with E-state index < -0.39 is 4.92 Å². The Morgan fingerprint density at radius 3 is 2.68 bits per heavy atom. The van der Waals surface area contributed by atoms with Crippen LogP contribution in [-0.4, -0.2) is 42.4 Å². The van der Waals surface area contributed by atoms with Crippen molar-refractivity contribution in [3.63, 3.8) is 0 Å². The number of alkyl halides is 1. The van der Waals surface area contributed by atoms with Crippen molar-refractivity contribution < 1.29 is 14.3 Å². The summed E-state index contributed by atoms with van der Waals surface area (Å²) in [5, 5.41) is 11.4. The van der Waals surface area contributed by atoms with Gasteiger partial charge in [-0.05, 0) is 33.4 Å². The maximum absolute atomic E-state index is 11.4. The van der Waals surface area contributed by atoms with E-state index in [1.807, 2.05) is 13.8 Å². The van der Waals surface area contributed by atoms with Crippen molar-refractivity contribution in [1.29, 1.82) is 0 Å². The van der Waals surface area contributed by atoms with Crippen molar-refractivity contribution in [2.75, 3.05) is 20.8 Å². The minimum atomic E-state index is -0.398. The average molecular weight is 372 g/mol. The molecule has 22 heavy (non-hydrogen) atoms. The molecule has 0 N–H and O–H groups in total. The van der Waals surface area contributed by atoms with Crippen molar-refractivity contribution in [3.8, 4) is 5.75 Å². The third-order valence-electron chi connectivity index (χ3n) is 2.92. The first-order valence-electron chi connectivity index (χ1n) is 6.89. The predicted octanol–water partition coefficient (Wildman–Crippen LogP) is 3.15. The van der Waals surface area contributed by atoms with Gasteiger partial charge in [-0.25, -0.2) is 0 Å². The third-order valence-corrected chi connectivity index (χ3v) is 3.32. The van der Waals surface area contributed by atoms with Crippen molar-refractivity contribution in [3.05, 3.63) is 33.9 Å². The fourth-order valence-electron chi connectivity index (χ4n) is 1.91. The molecular formula is C14H21BBrN2O4. The average Bonchev–Trinajstić information content (AvgIpc) is 2.37. The number of ether oxygens (including phenoxy) is 1. The quantitative estimate of drug-likeness (QED) is 0.289. The van der Waals surface area contributed by atoms with Crippen LogP contribution in [0.25, 0.3) is 0 Å². The van der Waals surface area contributed by atoms with Crippen molar-refractivity contribution in [1.82, 2.24) is 4.81 Å².